The minimum absolute atomic E-state index is 0.0163. The van der Waals surface area contributed by atoms with E-state index < -0.39 is 0 Å². The van der Waals surface area contributed by atoms with Crippen LogP contribution in [0.1, 0.15) is 66.7 Å². The molecule has 2 aliphatic rings. The summed E-state index contributed by atoms with van der Waals surface area (Å²) < 4.78 is 0. The molecule has 1 heterocycles. The second kappa shape index (κ2) is 6.46. The van der Waals surface area contributed by atoms with Crippen molar-refractivity contribution in [1.29, 1.82) is 0 Å². The lowest BCUT2D eigenvalue weighted by Crippen LogP contribution is -2.46. The van der Waals surface area contributed by atoms with Crippen molar-refractivity contribution in [2.24, 2.45) is 17.8 Å². The lowest BCUT2D eigenvalue weighted by atomic mass is 9.96. The number of rotatable bonds is 5. The van der Waals surface area contributed by atoms with Crippen LogP contribution < -0.4 is 5.32 Å². The molecule has 1 N–H and O–H groups in total. The Labute approximate surface area is 124 Å². The zero-order valence-electron chi connectivity index (χ0n) is 13.9. The third-order valence-electron chi connectivity index (χ3n) is 5.11. The van der Waals surface area contributed by atoms with E-state index in [9.17, 15) is 4.79 Å². The maximum Gasteiger partial charge on any atom is 0.241 e. The van der Waals surface area contributed by atoms with Crippen LogP contribution in [0.4, 0.5) is 0 Å². The number of carbonyl (C=O) groups is 1. The third kappa shape index (κ3) is 3.19. The molecule has 20 heavy (non-hydrogen) atoms. The smallest absolute Gasteiger partial charge is 0.241 e. The van der Waals surface area contributed by atoms with Crippen molar-refractivity contribution in [3.63, 3.8) is 0 Å². The summed E-state index contributed by atoms with van der Waals surface area (Å²) in [6.07, 6.45) is 6.58. The van der Waals surface area contributed by atoms with Gasteiger partial charge >= 0.3 is 0 Å². The van der Waals surface area contributed by atoms with Crippen LogP contribution in [0.15, 0.2) is 0 Å². The van der Waals surface area contributed by atoms with E-state index in [2.05, 4.69) is 44.8 Å². The monoisotopic (exact) mass is 280 g/mol. The van der Waals surface area contributed by atoms with Crippen molar-refractivity contribution in [2.75, 3.05) is 0 Å². The highest BCUT2D eigenvalue weighted by molar-refractivity contribution is 5.85. The molecule has 2 fully saturated rings. The maximum absolute atomic E-state index is 12.8. The maximum atomic E-state index is 12.8. The van der Waals surface area contributed by atoms with Gasteiger partial charge in [0.2, 0.25) is 5.91 Å². The second-order valence-electron chi connectivity index (χ2n) is 7.56. The molecule has 3 nitrogen and oxygen atoms in total. The molecule has 3 heteroatoms. The van der Waals surface area contributed by atoms with Gasteiger partial charge in [-0.1, -0.05) is 40.5 Å². The van der Waals surface area contributed by atoms with E-state index in [1.807, 2.05) is 0 Å². The van der Waals surface area contributed by atoms with E-state index in [4.69, 9.17) is 0 Å². The van der Waals surface area contributed by atoms with Gasteiger partial charge in [0.15, 0.2) is 0 Å². The molecule has 1 saturated carbocycles. The standard InChI is InChI=1S/C17H32N2O/c1-11(2)10-15-18-16(12(3)4)17(20)19(15)13(5)14-8-6-7-9-14/h11-16,18H,6-10H2,1-5H3. The van der Waals surface area contributed by atoms with Gasteiger partial charge in [-0.05, 0) is 43.9 Å². The van der Waals surface area contributed by atoms with Gasteiger partial charge in [0, 0.05) is 6.04 Å². The molecule has 1 amide bonds. The van der Waals surface area contributed by atoms with E-state index in [0.29, 0.717) is 29.7 Å². The number of nitrogens with zero attached hydrogens (tertiary/aromatic N) is 1. The molecule has 0 aromatic carbocycles. The Morgan fingerprint density at radius 1 is 1.15 bits per heavy atom. The number of nitrogens with one attached hydrogen (secondary N) is 1. The quantitative estimate of drug-likeness (QED) is 0.837. The highest BCUT2D eigenvalue weighted by atomic mass is 16.2. The minimum Gasteiger partial charge on any atom is -0.323 e. The van der Waals surface area contributed by atoms with Crippen molar-refractivity contribution in [2.45, 2.75) is 85.0 Å². The van der Waals surface area contributed by atoms with Crippen molar-refractivity contribution in [3.8, 4) is 0 Å². The number of hydrogen-bond acceptors (Lipinski definition) is 2. The fourth-order valence-electron chi connectivity index (χ4n) is 3.93. The molecule has 1 saturated heterocycles. The highest BCUT2D eigenvalue weighted by Crippen LogP contribution is 2.34. The van der Waals surface area contributed by atoms with Crippen LogP contribution in [-0.4, -0.2) is 29.1 Å². The molecule has 3 unspecified atom stereocenters. The molecule has 0 aromatic heterocycles. The van der Waals surface area contributed by atoms with E-state index in [-0.39, 0.29) is 12.2 Å². The summed E-state index contributed by atoms with van der Waals surface area (Å²) in [4.78, 5) is 15.0. The fraction of sp³-hybridized carbons (Fsp3) is 0.941. The molecular formula is C17H32N2O. The summed E-state index contributed by atoms with van der Waals surface area (Å²) in [6.45, 7) is 11.0. The first kappa shape index (κ1) is 15.8. The average Bonchev–Trinajstić information content (AvgIpc) is 2.96. The number of carbonyl (C=O) groups excluding carboxylic acids is 1. The van der Waals surface area contributed by atoms with Gasteiger partial charge in [-0.3, -0.25) is 10.1 Å². The predicted octanol–water partition coefficient (Wildman–Crippen LogP) is 3.39. The van der Waals surface area contributed by atoms with Crippen molar-refractivity contribution in [3.05, 3.63) is 0 Å². The second-order valence-corrected chi connectivity index (χ2v) is 7.56. The highest BCUT2D eigenvalue weighted by Gasteiger charge is 2.44. The summed E-state index contributed by atoms with van der Waals surface area (Å²) in [7, 11) is 0. The van der Waals surface area contributed by atoms with Crippen LogP contribution in [0.2, 0.25) is 0 Å². The zero-order chi connectivity index (χ0) is 14.9. The normalized spacial score (nSPS) is 29.9. The van der Waals surface area contributed by atoms with Crippen molar-refractivity contribution < 1.29 is 4.79 Å². The SMILES string of the molecule is CC(C)CC1NC(C(C)C)C(=O)N1C(C)C1CCCC1. The topological polar surface area (TPSA) is 32.3 Å². The van der Waals surface area contributed by atoms with Crippen LogP contribution in [0, 0.1) is 17.8 Å². The Hall–Kier alpha value is -0.570. The molecule has 116 valence electrons. The Kier molecular flexibility index (Phi) is 5.11. The van der Waals surface area contributed by atoms with Crippen LogP contribution in [0.5, 0.6) is 0 Å². The van der Waals surface area contributed by atoms with Gasteiger partial charge in [0.05, 0.1) is 12.2 Å². The zero-order valence-corrected chi connectivity index (χ0v) is 13.9. The Balaban J connectivity index is 2.13. The Bertz CT molecular complexity index is 334. The largest absolute Gasteiger partial charge is 0.323 e. The Morgan fingerprint density at radius 2 is 1.75 bits per heavy atom. The number of amides is 1. The minimum atomic E-state index is 0.0163. The summed E-state index contributed by atoms with van der Waals surface area (Å²) in [5, 5.41) is 3.60. The summed E-state index contributed by atoms with van der Waals surface area (Å²) in [5.74, 6) is 2.04. The molecule has 0 radical (unpaired) electrons. The van der Waals surface area contributed by atoms with Crippen molar-refractivity contribution in [1.82, 2.24) is 10.2 Å². The van der Waals surface area contributed by atoms with Crippen LogP contribution in [0.25, 0.3) is 0 Å². The first-order valence-electron chi connectivity index (χ1n) is 8.50. The molecule has 3 atom stereocenters. The average molecular weight is 280 g/mol. The summed E-state index contributed by atoms with van der Waals surface area (Å²) >= 11 is 0. The molecule has 0 aromatic rings. The molecule has 0 spiro atoms. The molecular weight excluding hydrogens is 248 g/mol. The van der Waals surface area contributed by atoms with Gasteiger partial charge in [-0.2, -0.15) is 0 Å². The van der Waals surface area contributed by atoms with Crippen LogP contribution in [0.3, 0.4) is 0 Å². The van der Waals surface area contributed by atoms with Gasteiger partial charge in [-0.25, -0.2) is 0 Å². The van der Waals surface area contributed by atoms with Gasteiger partial charge in [0.25, 0.3) is 0 Å². The molecule has 1 aliphatic heterocycles. The Morgan fingerprint density at radius 3 is 2.25 bits per heavy atom. The van der Waals surface area contributed by atoms with E-state index in [1.165, 1.54) is 25.7 Å². The molecule has 2 rings (SSSR count). The lowest BCUT2D eigenvalue weighted by Gasteiger charge is -2.35. The first-order valence-corrected chi connectivity index (χ1v) is 8.50. The van der Waals surface area contributed by atoms with Gasteiger partial charge in [-0.15, -0.1) is 0 Å². The van der Waals surface area contributed by atoms with Gasteiger partial charge < -0.3 is 4.90 Å². The van der Waals surface area contributed by atoms with E-state index >= 15 is 0 Å². The third-order valence-corrected chi connectivity index (χ3v) is 5.11. The fourth-order valence-corrected chi connectivity index (χ4v) is 3.93. The van der Waals surface area contributed by atoms with Gasteiger partial charge in [0.1, 0.15) is 0 Å². The lowest BCUT2D eigenvalue weighted by molar-refractivity contribution is -0.133. The summed E-state index contributed by atoms with van der Waals surface area (Å²) in [5.41, 5.74) is 0. The van der Waals surface area contributed by atoms with E-state index in [0.717, 1.165) is 6.42 Å². The summed E-state index contributed by atoms with van der Waals surface area (Å²) in [6, 6.07) is 0.410. The van der Waals surface area contributed by atoms with Crippen LogP contribution >= 0.6 is 0 Å². The van der Waals surface area contributed by atoms with Crippen molar-refractivity contribution >= 4 is 5.91 Å². The number of hydrogen-bond donors (Lipinski definition) is 1. The molecule has 0 bridgehead atoms. The van der Waals surface area contributed by atoms with Crippen LogP contribution in [-0.2, 0) is 4.79 Å². The predicted molar refractivity (Wildman–Crippen MR) is 83.3 cm³/mol. The van der Waals surface area contributed by atoms with E-state index in [1.54, 1.807) is 0 Å². The molecule has 1 aliphatic carbocycles. The first-order chi connectivity index (χ1) is 9.41.